The second-order valence-electron chi connectivity index (χ2n) is 6.31. The molecule has 3 heterocycles. The average Bonchev–Trinajstić information content (AvgIpc) is 3.18. The minimum atomic E-state index is 0.0564. The Labute approximate surface area is 140 Å². The van der Waals surface area contributed by atoms with E-state index in [-0.39, 0.29) is 12.0 Å². The van der Waals surface area contributed by atoms with E-state index in [0.717, 1.165) is 42.6 Å². The lowest BCUT2D eigenvalue weighted by Gasteiger charge is -2.28. The SMILES string of the molecule is Cc1nc(CN[C@H](c2nc(C(C)C)no2)C2CCOCC2)cs1. The summed E-state index contributed by atoms with van der Waals surface area (Å²) in [7, 11) is 0. The van der Waals surface area contributed by atoms with Crippen molar-refractivity contribution < 1.29 is 9.26 Å². The maximum absolute atomic E-state index is 5.55. The highest BCUT2D eigenvalue weighted by Crippen LogP contribution is 2.30. The summed E-state index contributed by atoms with van der Waals surface area (Å²) in [6.07, 6.45) is 2.01. The third-order valence-electron chi connectivity index (χ3n) is 4.15. The highest BCUT2D eigenvalue weighted by atomic mass is 32.1. The normalized spacial score (nSPS) is 17.7. The quantitative estimate of drug-likeness (QED) is 0.873. The van der Waals surface area contributed by atoms with E-state index >= 15 is 0 Å². The number of aryl methyl sites for hydroxylation is 1. The molecule has 1 atom stereocenters. The first kappa shape index (κ1) is 16.5. The molecule has 0 aromatic carbocycles. The van der Waals surface area contributed by atoms with Gasteiger partial charge in [-0.25, -0.2) is 4.98 Å². The molecule has 1 saturated heterocycles. The smallest absolute Gasteiger partial charge is 0.244 e. The van der Waals surface area contributed by atoms with Crippen molar-refractivity contribution in [2.45, 2.75) is 52.1 Å². The molecule has 7 heteroatoms. The summed E-state index contributed by atoms with van der Waals surface area (Å²) in [6.45, 7) is 8.48. The third-order valence-corrected chi connectivity index (χ3v) is 4.97. The van der Waals surface area contributed by atoms with Gasteiger partial charge in [-0.05, 0) is 25.7 Å². The van der Waals surface area contributed by atoms with Gasteiger partial charge < -0.3 is 9.26 Å². The number of ether oxygens (including phenoxy) is 1. The van der Waals surface area contributed by atoms with Gasteiger partial charge in [0.05, 0.1) is 16.7 Å². The van der Waals surface area contributed by atoms with Gasteiger partial charge in [-0.3, -0.25) is 5.32 Å². The average molecular weight is 336 g/mol. The van der Waals surface area contributed by atoms with Crippen molar-refractivity contribution in [2.75, 3.05) is 13.2 Å². The first-order valence-corrected chi connectivity index (χ1v) is 9.07. The van der Waals surface area contributed by atoms with Crippen LogP contribution < -0.4 is 5.32 Å². The van der Waals surface area contributed by atoms with E-state index in [1.165, 1.54) is 0 Å². The van der Waals surface area contributed by atoms with E-state index in [2.05, 4.69) is 39.7 Å². The number of hydrogen-bond donors (Lipinski definition) is 1. The topological polar surface area (TPSA) is 73.1 Å². The Bertz CT molecular complexity index is 619. The van der Waals surface area contributed by atoms with Crippen LogP contribution in [0.25, 0.3) is 0 Å². The van der Waals surface area contributed by atoms with Crippen LogP contribution in [0.5, 0.6) is 0 Å². The predicted octanol–water partition coefficient (Wildman–Crippen LogP) is 3.22. The number of thiazole rings is 1. The second kappa shape index (κ2) is 7.51. The fraction of sp³-hybridized carbons (Fsp3) is 0.688. The van der Waals surface area contributed by atoms with Gasteiger partial charge in [0.25, 0.3) is 0 Å². The summed E-state index contributed by atoms with van der Waals surface area (Å²) in [6, 6.07) is 0.0564. The van der Waals surface area contributed by atoms with E-state index in [9.17, 15) is 0 Å². The Balaban J connectivity index is 1.74. The Morgan fingerprint density at radius 3 is 2.70 bits per heavy atom. The Kier molecular flexibility index (Phi) is 5.40. The second-order valence-corrected chi connectivity index (χ2v) is 7.37. The molecule has 1 aliphatic heterocycles. The van der Waals surface area contributed by atoms with E-state index in [4.69, 9.17) is 9.26 Å². The molecule has 0 spiro atoms. The minimum absolute atomic E-state index is 0.0564. The third kappa shape index (κ3) is 4.16. The lowest BCUT2D eigenvalue weighted by Crippen LogP contribution is -2.32. The zero-order valence-corrected chi connectivity index (χ0v) is 14.7. The van der Waals surface area contributed by atoms with Gasteiger partial charge in [0.2, 0.25) is 5.89 Å². The van der Waals surface area contributed by atoms with Gasteiger partial charge in [0.15, 0.2) is 5.82 Å². The van der Waals surface area contributed by atoms with Gasteiger partial charge in [-0.2, -0.15) is 4.98 Å². The summed E-state index contributed by atoms with van der Waals surface area (Å²) >= 11 is 1.67. The fourth-order valence-corrected chi connectivity index (χ4v) is 3.43. The number of nitrogens with zero attached hydrogens (tertiary/aromatic N) is 3. The van der Waals surface area contributed by atoms with Crippen molar-refractivity contribution in [3.05, 3.63) is 27.8 Å². The van der Waals surface area contributed by atoms with E-state index in [0.29, 0.717) is 18.4 Å². The zero-order chi connectivity index (χ0) is 16.2. The van der Waals surface area contributed by atoms with Crippen LogP contribution >= 0.6 is 11.3 Å². The monoisotopic (exact) mass is 336 g/mol. The highest BCUT2D eigenvalue weighted by molar-refractivity contribution is 7.09. The summed E-state index contributed by atoms with van der Waals surface area (Å²) in [5.74, 6) is 2.17. The van der Waals surface area contributed by atoms with Gasteiger partial charge in [0, 0.05) is 31.1 Å². The van der Waals surface area contributed by atoms with Crippen LogP contribution in [-0.2, 0) is 11.3 Å². The molecule has 2 aromatic heterocycles. The van der Waals surface area contributed by atoms with Crippen LogP contribution in [0.2, 0.25) is 0 Å². The van der Waals surface area contributed by atoms with E-state index in [1.807, 2.05) is 6.92 Å². The van der Waals surface area contributed by atoms with Gasteiger partial charge in [0.1, 0.15) is 0 Å². The predicted molar refractivity (Wildman–Crippen MR) is 88.4 cm³/mol. The summed E-state index contributed by atoms with van der Waals surface area (Å²) in [5.41, 5.74) is 1.06. The lowest BCUT2D eigenvalue weighted by molar-refractivity contribution is 0.0485. The van der Waals surface area contributed by atoms with Crippen molar-refractivity contribution in [1.29, 1.82) is 0 Å². The van der Waals surface area contributed by atoms with Crippen LogP contribution in [-0.4, -0.2) is 28.3 Å². The number of rotatable bonds is 6. The molecule has 0 saturated carbocycles. The van der Waals surface area contributed by atoms with Crippen molar-refractivity contribution >= 4 is 11.3 Å². The van der Waals surface area contributed by atoms with Crippen molar-refractivity contribution in [1.82, 2.24) is 20.4 Å². The van der Waals surface area contributed by atoms with Crippen molar-refractivity contribution in [2.24, 2.45) is 5.92 Å². The molecule has 0 amide bonds. The molecule has 2 aromatic rings. The molecule has 1 fully saturated rings. The molecule has 1 aliphatic rings. The van der Waals surface area contributed by atoms with Crippen LogP contribution in [0.15, 0.2) is 9.90 Å². The molecule has 1 N–H and O–H groups in total. The number of hydrogen-bond acceptors (Lipinski definition) is 7. The van der Waals surface area contributed by atoms with Gasteiger partial charge in [-0.15, -0.1) is 11.3 Å². The highest BCUT2D eigenvalue weighted by Gasteiger charge is 2.30. The summed E-state index contributed by atoms with van der Waals surface area (Å²) < 4.78 is 11.0. The first-order valence-electron chi connectivity index (χ1n) is 8.19. The molecular formula is C16H24N4O2S. The van der Waals surface area contributed by atoms with Crippen LogP contribution in [0.3, 0.4) is 0 Å². The number of nitrogens with one attached hydrogen (secondary N) is 1. The molecule has 0 bridgehead atoms. The molecule has 126 valence electrons. The molecule has 0 radical (unpaired) electrons. The summed E-state index contributed by atoms with van der Waals surface area (Å²) in [5, 5.41) is 10.9. The van der Waals surface area contributed by atoms with Gasteiger partial charge >= 0.3 is 0 Å². The van der Waals surface area contributed by atoms with Gasteiger partial charge in [-0.1, -0.05) is 19.0 Å². The fourth-order valence-electron chi connectivity index (χ4n) is 2.82. The Morgan fingerprint density at radius 2 is 2.09 bits per heavy atom. The van der Waals surface area contributed by atoms with E-state index < -0.39 is 0 Å². The van der Waals surface area contributed by atoms with Crippen LogP contribution in [0.1, 0.15) is 61.1 Å². The van der Waals surface area contributed by atoms with Crippen LogP contribution in [0.4, 0.5) is 0 Å². The first-order chi connectivity index (χ1) is 11.1. The molecule has 0 unspecified atom stereocenters. The molecule has 3 rings (SSSR count). The molecule has 0 aliphatic carbocycles. The minimum Gasteiger partial charge on any atom is -0.381 e. The maximum atomic E-state index is 5.55. The van der Waals surface area contributed by atoms with Crippen LogP contribution in [0, 0.1) is 12.8 Å². The standard InChI is InChI=1S/C16H24N4O2S/c1-10(2)15-19-16(22-20-15)14(12-4-6-21-7-5-12)17-8-13-9-23-11(3)18-13/h9-10,12,14,17H,4-8H2,1-3H3/t14-/m0/s1. The largest absolute Gasteiger partial charge is 0.381 e. The van der Waals surface area contributed by atoms with Crippen molar-refractivity contribution in [3.8, 4) is 0 Å². The van der Waals surface area contributed by atoms with Crippen molar-refractivity contribution in [3.63, 3.8) is 0 Å². The summed E-state index contributed by atoms with van der Waals surface area (Å²) in [4.78, 5) is 9.12. The maximum Gasteiger partial charge on any atom is 0.244 e. The molecule has 6 nitrogen and oxygen atoms in total. The van der Waals surface area contributed by atoms with E-state index in [1.54, 1.807) is 11.3 Å². The zero-order valence-electron chi connectivity index (χ0n) is 13.9. The number of aromatic nitrogens is 3. The Hall–Kier alpha value is -1.31. The lowest BCUT2D eigenvalue weighted by atomic mass is 9.91. The molecular weight excluding hydrogens is 312 g/mol. The Morgan fingerprint density at radius 1 is 1.30 bits per heavy atom. The molecule has 23 heavy (non-hydrogen) atoms.